The van der Waals surface area contributed by atoms with E-state index >= 15 is 0 Å². The monoisotopic (exact) mass is 168 g/mol. The van der Waals surface area contributed by atoms with Gasteiger partial charge < -0.3 is 4.90 Å². The molecule has 1 aliphatic heterocycles. The summed E-state index contributed by atoms with van der Waals surface area (Å²) in [5.74, 6) is 5.68. The molecule has 0 amide bonds. The predicted octanol–water partition coefficient (Wildman–Crippen LogP) is -0.485. The van der Waals surface area contributed by atoms with E-state index in [2.05, 4.69) is 0 Å². The first-order valence-electron chi connectivity index (χ1n) is 3.57. The Kier molecular flexibility index (Phi) is 2.14. The summed E-state index contributed by atoms with van der Waals surface area (Å²) in [5, 5.41) is 8.71. The molecule has 0 unspecified atom stereocenters. The van der Waals surface area contributed by atoms with Crippen LogP contribution in [0.25, 0.3) is 0 Å². The molecule has 0 spiro atoms. The number of rotatable bonds is 1. The van der Waals surface area contributed by atoms with Gasteiger partial charge in [-0.1, -0.05) is 0 Å². The molecule has 0 radical (unpaired) electrons. The Morgan fingerprint density at radius 2 is 2.25 bits per heavy atom. The number of carbonyl (C=O) groups excluding carboxylic acids is 1. The van der Waals surface area contributed by atoms with Crippen LogP contribution in [0.3, 0.4) is 0 Å². The molecule has 5 nitrogen and oxygen atoms in total. The lowest BCUT2D eigenvalue weighted by molar-refractivity contribution is -0.105. The molecule has 0 saturated carbocycles. The van der Waals surface area contributed by atoms with Gasteiger partial charge in [-0.15, -0.1) is 0 Å². The van der Waals surface area contributed by atoms with Gasteiger partial charge in [-0.05, 0) is 6.92 Å². The highest BCUT2D eigenvalue weighted by atomic mass is 16.1. The largest absolute Gasteiger partial charge is 0.318 e. The van der Waals surface area contributed by atoms with E-state index in [4.69, 9.17) is 11.3 Å². The second-order valence-electron chi connectivity index (χ2n) is 2.74. The number of carbonyl (C=O) groups is 1. The molecule has 1 aliphatic rings. The van der Waals surface area contributed by atoms with E-state index in [-0.39, 0.29) is 5.96 Å². The minimum atomic E-state index is 0.207. The molecule has 0 bridgehead atoms. The molecule has 5 heteroatoms. The minimum absolute atomic E-state index is 0.207. The molecule has 0 fully saturated rings. The fraction of sp³-hybridized carbons (Fsp3) is 0.429. The molecule has 0 saturated heterocycles. The Hall–Kier alpha value is -1.36. The van der Waals surface area contributed by atoms with Gasteiger partial charge in [-0.3, -0.25) is 15.2 Å². The van der Waals surface area contributed by atoms with Crippen molar-refractivity contribution >= 4 is 12.2 Å². The molecule has 3 N–H and O–H groups in total. The lowest BCUT2D eigenvalue weighted by atomic mass is 10.2. The number of hydrazine groups is 1. The Labute approximate surface area is 70.9 Å². The zero-order valence-electron chi connectivity index (χ0n) is 7.16. The third-order valence-corrected chi connectivity index (χ3v) is 2.04. The van der Waals surface area contributed by atoms with Crippen LogP contribution in [-0.4, -0.2) is 35.7 Å². The van der Waals surface area contributed by atoms with E-state index in [1.54, 1.807) is 18.9 Å². The van der Waals surface area contributed by atoms with Gasteiger partial charge in [0.15, 0.2) is 0 Å². The van der Waals surface area contributed by atoms with Crippen molar-refractivity contribution in [1.82, 2.24) is 9.91 Å². The number of hydrogen-bond acceptors (Lipinski definition) is 3. The van der Waals surface area contributed by atoms with Crippen LogP contribution >= 0.6 is 0 Å². The van der Waals surface area contributed by atoms with Crippen molar-refractivity contribution in [1.29, 1.82) is 5.41 Å². The molecule has 0 aromatic carbocycles. The number of nitrogens with two attached hydrogens (primary N) is 1. The molecule has 0 aliphatic carbocycles. The normalized spacial score (nSPS) is 18.8. The third kappa shape index (κ3) is 1.18. The maximum absolute atomic E-state index is 10.5. The highest BCUT2D eigenvalue weighted by Gasteiger charge is 2.21. The van der Waals surface area contributed by atoms with Gasteiger partial charge in [0.2, 0.25) is 5.96 Å². The number of aldehydes is 1. The lowest BCUT2D eigenvalue weighted by Crippen LogP contribution is -2.50. The van der Waals surface area contributed by atoms with Crippen LogP contribution in [0.4, 0.5) is 0 Å². The smallest absolute Gasteiger partial charge is 0.212 e. The van der Waals surface area contributed by atoms with E-state index in [0.717, 1.165) is 12.0 Å². The number of allylic oxidation sites excluding steroid dienone is 1. The standard InChI is InChI=1S/C7H12N4O/c1-5-6(4-12)3-11(9)7(8)10(5)2/h4,8H,3,9H2,1-2H3. The zero-order chi connectivity index (χ0) is 9.30. The number of nitrogens with zero attached hydrogens (tertiary/aromatic N) is 2. The first-order valence-corrected chi connectivity index (χ1v) is 3.57. The van der Waals surface area contributed by atoms with Crippen molar-refractivity contribution in [3.05, 3.63) is 11.3 Å². The summed E-state index contributed by atoms with van der Waals surface area (Å²) < 4.78 is 0. The molecular weight excluding hydrogens is 156 g/mol. The summed E-state index contributed by atoms with van der Waals surface area (Å²) in [4.78, 5) is 12.1. The van der Waals surface area contributed by atoms with E-state index in [9.17, 15) is 4.79 Å². The van der Waals surface area contributed by atoms with Crippen LogP contribution in [0.2, 0.25) is 0 Å². The van der Waals surface area contributed by atoms with Crippen molar-refractivity contribution in [2.24, 2.45) is 5.84 Å². The average Bonchev–Trinajstić information content (AvgIpc) is 2.08. The predicted molar refractivity (Wildman–Crippen MR) is 45.1 cm³/mol. The van der Waals surface area contributed by atoms with Crippen molar-refractivity contribution in [3.8, 4) is 0 Å². The van der Waals surface area contributed by atoms with Crippen LogP contribution in [-0.2, 0) is 4.79 Å². The van der Waals surface area contributed by atoms with Gasteiger partial charge in [0.1, 0.15) is 6.29 Å². The quantitative estimate of drug-likeness (QED) is 0.409. The van der Waals surface area contributed by atoms with Crippen molar-refractivity contribution in [2.75, 3.05) is 13.6 Å². The molecular formula is C7H12N4O. The number of hydrogen-bond donors (Lipinski definition) is 2. The summed E-state index contributed by atoms with van der Waals surface area (Å²) in [5.41, 5.74) is 1.41. The Balaban J connectivity index is 3.02. The molecule has 1 heterocycles. The van der Waals surface area contributed by atoms with Crippen LogP contribution in [0.15, 0.2) is 11.3 Å². The zero-order valence-corrected chi connectivity index (χ0v) is 7.16. The fourth-order valence-corrected chi connectivity index (χ4v) is 1.06. The van der Waals surface area contributed by atoms with Gasteiger partial charge in [-0.2, -0.15) is 0 Å². The van der Waals surface area contributed by atoms with E-state index in [0.29, 0.717) is 12.1 Å². The molecule has 0 aromatic heterocycles. The van der Waals surface area contributed by atoms with Crippen LogP contribution in [0.1, 0.15) is 6.92 Å². The maximum atomic E-state index is 10.5. The average molecular weight is 168 g/mol. The molecule has 12 heavy (non-hydrogen) atoms. The summed E-state index contributed by atoms with van der Waals surface area (Å²) in [7, 11) is 1.71. The van der Waals surface area contributed by atoms with Crippen LogP contribution in [0, 0.1) is 5.41 Å². The van der Waals surface area contributed by atoms with Crippen LogP contribution in [0.5, 0.6) is 0 Å². The van der Waals surface area contributed by atoms with Crippen molar-refractivity contribution in [3.63, 3.8) is 0 Å². The van der Waals surface area contributed by atoms with Gasteiger partial charge in [0, 0.05) is 18.3 Å². The molecule has 0 aromatic rings. The molecule has 1 rings (SSSR count). The Bertz CT molecular complexity index is 258. The SMILES string of the molecule is CC1=C(C=O)CN(N)C(=N)N1C. The molecule has 66 valence electrons. The summed E-state index contributed by atoms with van der Waals surface area (Å²) >= 11 is 0. The van der Waals surface area contributed by atoms with Gasteiger partial charge in [0.25, 0.3) is 0 Å². The molecule has 0 atom stereocenters. The van der Waals surface area contributed by atoms with Gasteiger partial charge in [-0.25, -0.2) is 5.84 Å². The topological polar surface area (TPSA) is 73.4 Å². The van der Waals surface area contributed by atoms with E-state index in [1.165, 1.54) is 5.01 Å². The van der Waals surface area contributed by atoms with Crippen molar-refractivity contribution in [2.45, 2.75) is 6.92 Å². The third-order valence-electron chi connectivity index (χ3n) is 2.04. The highest BCUT2D eigenvalue weighted by Crippen LogP contribution is 2.13. The van der Waals surface area contributed by atoms with E-state index in [1.807, 2.05) is 0 Å². The highest BCUT2D eigenvalue weighted by molar-refractivity contribution is 5.85. The Morgan fingerprint density at radius 1 is 1.67 bits per heavy atom. The first kappa shape index (κ1) is 8.73. The van der Waals surface area contributed by atoms with Gasteiger partial charge >= 0.3 is 0 Å². The number of nitrogens with one attached hydrogen (secondary N) is 1. The second kappa shape index (κ2) is 2.94. The number of guanidine groups is 1. The summed E-state index contributed by atoms with van der Waals surface area (Å²) in [6, 6.07) is 0. The fourth-order valence-electron chi connectivity index (χ4n) is 1.06. The van der Waals surface area contributed by atoms with Gasteiger partial charge in [0.05, 0.1) is 6.54 Å². The van der Waals surface area contributed by atoms with Crippen LogP contribution < -0.4 is 5.84 Å². The van der Waals surface area contributed by atoms with Crippen molar-refractivity contribution < 1.29 is 4.79 Å². The summed E-state index contributed by atoms with van der Waals surface area (Å²) in [6.45, 7) is 2.11. The lowest BCUT2D eigenvalue weighted by Gasteiger charge is -2.33. The minimum Gasteiger partial charge on any atom is -0.318 e. The summed E-state index contributed by atoms with van der Waals surface area (Å²) in [6.07, 6.45) is 0.776. The van der Waals surface area contributed by atoms with E-state index < -0.39 is 0 Å². The Morgan fingerprint density at radius 3 is 2.75 bits per heavy atom. The first-order chi connectivity index (χ1) is 5.57. The maximum Gasteiger partial charge on any atom is 0.212 e. The second-order valence-corrected chi connectivity index (χ2v) is 2.74.